The number of alkyl halides is 3. The van der Waals surface area contributed by atoms with Crippen LogP contribution in [0.15, 0.2) is 42.5 Å². The lowest BCUT2D eigenvalue weighted by molar-refractivity contribution is -0.138. The van der Waals surface area contributed by atoms with Crippen LogP contribution in [0.5, 0.6) is 0 Å². The maximum Gasteiger partial charge on any atom is 0.416 e. The lowest BCUT2D eigenvalue weighted by Gasteiger charge is -2.19. The van der Waals surface area contributed by atoms with Gasteiger partial charge in [0.2, 0.25) is 5.91 Å². The third-order valence-electron chi connectivity index (χ3n) is 3.88. The lowest BCUT2D eigenvalue weighted by Crippen LogP contribution is -2.46. The summed E-state index contributed by atoms with van der Waals surface area (Å²) in [6.45, 7) is 3.63. The van der Waals surface area contributed by atoms with E-state index in [1.807, 2.05) is 19.9 Å². The number of aryl methyl sites for hydroxylation is 2. The number of hydrogen-bond acceptors (Lipinski definition) is 2. The van der Waals surface area contributed by atoms with E-state index in [0.717, 1.165) is 17.2 Å². The third kappa shape index (κ3) is 4.84. The van der Waals surface area contributed by atoms with Gasteiger partial charge in [-0.25, -0.2) is 0 Å². The summed E-state index contributed by atoms with van der Waals surface area (Å²) in [5.74, 6) is -1.47. The molecular formula is C19H19F3N2O2. The quantitative estimate of drug-likeness (QED) is 0.856. The normalized spacial score (nSPS) is 12.5. The lowest BCUT2D eigenvalue weighted by atomic mass is 9.99. The molecule has 4 nitrogen and oxygen atoms in total. The van der Waals surface area contributed by atoms with Gasteiger partial charge in [-0.3, -0.25) is 9.59 Å². The fourth-order valence-electron chi connectivity index (χ4n) is 2.76. The maximum absolute atomic E-state index is 13.1. The molecule has 7 heteroatoms. The third-order valence-corrected chi connectivity index (χ3v) is 3.88. The summed E-state index contributed by atoms with van der Waals surface area (Å²) in [4.78, 5) is 24.1. The Hall–Kier alpha value is -2.83. The van der Waals surface area contributed by atoms with Crippen LogP contribution in [0.3, 0.4) is 0 Å². The van der Waals surface area contributed by atoms with E-state index in [-0.39, 0.29) is 12.0 Å². The van der Waals surface area contributed by atoms with Gasteiger partial charge in [-0.05, 0) is 37.6 Å². The SMILES string of the molecule is Cc1cc(C)cc(C(=O)N[C@H](Cc2ccccc2C(F)(F)F)C(N)=O)c1. The predicted octanol–water partition coefficient (Wildman–Crippen LogP) is 3.15. The molecule has 0 saturated carbocycles. The number of rotatable bonds is 5. The number of carbonyl (C=O) groups is 2. The number of benzene rings is 2. The molecule has 0 radical (unpaired) electrons. The average molecular weight is 364 g/mol. The van der Waals surface area contributed by atoms with Gasteiger partial charge < -0.3 is 11.1 Å². The minimum Gasteiger partial charge on any atom is -0.368 e. The number of amides is 2. The number of carbonyl (C=O) groups excluding carboxylic acids is 2. The number of nitrogens with one attached hydrogen (secondary N) is 1. The zero-order valence-corrected chi connectivity index (χ0v) is 14.4. The monoisotopic (exact) mass is 364 g/mol. The van der Waals surface area contributed by atoms with Crippen LogP contribution in [-0.4, -0.2) is 17.9 Å². The van der Waals surface area contributed by atoms with Crippen molar-refractivity contribution in [2.75, 3.05) is 0 Å². The topological polar surface area (TPSA) is 72.2 Å². The fourth-order valence-corrected chi connectivity index (χ4v) is 2.76. The molecule has 0 heterocycles. The van der Waals surface area contributed by atoms with Gasteiger partial charge in [0.05, 0.1) is 5.56 Å². The molecule has 0 unspecified atom stereocenters. The van der Waals surface area contributed by atoms with Crippen molar-refractivity contribution >= 4 is 11.8 Å². The first-order valence-electron chi connectivity index (χ1n) is 7.91. The van der Waals surface area contributed by atoms with E-state index in [2.05, 4.69) is 5.32 Å². The van der Waals surface area contributed by atoms with Crippen molar-refractivity contribution in [3.8, 4) is 0 Å². The van der Waals surface area contributed by atoms with Gasteiger partial charge in [-0.2, -0.15) is 13.2 Å². The Morgan fingerprint density at radius 2 is 1.65 bits per heavy atom. The summed E-state index contributed by atoms with van der Waals surface area (Å²) in [6.07, 6.45) is -4.90. The first-order valence-corrected chi connectivity index (χ1v) is 7.91. The zero-order chi connectivity index (χ0) is 19.5. The molecule has 0 bridgehead atoms. The van der Waals surface area contributed by atoms with Gasteiger partial charge in [-0.1, -0.05) is 35.4 Å². The van der Waals surface area contributed by atoms with E-state index in [1.54, 1.807) is 12.1 Å². The first kappa shape index (κ1) is 19.5. The van der Waals surface area contributed by atoms with Crippen LogP contribution < -0.4 is 11.1 Å². The highest BCUT2D eigenvalue weighted by molar-refractivity contribution is 5.97. The first-order chi connectivity index (χ1) is 12.1. The van der Waals surface area contributed by atoms with Crippen LogP contribution in [0.1, 0.15) is 32.6 Å². The molecule has 0 saturated heterocycles. The van der Waals surface area contributed by atoms with Gasteiger partial charge in [0.15, 0.2) is 0 Å². The van der Waals surface area contributed by atoms with Gasteiger partial charge in [0.25, 0.3) is 5.91 Å². The molecule has 0 aromatic heterocycles. The highest BCUT2D eigenvalue weighted by Crippen LogP contribution is 2.32. The Balaban J connectivity index is 2.26. The molecular weight excluding hydrogens is 345 g/mol. The molecule has 2 amide bonds. The van der Waals surface area contributed by atoms with E-state index in [9.17, 15) is 22.8 Å². The van der Waals surface area contributed by atoms with Gasteiger partial charge >= 0.3 is 6.18 Å². The Morgan fingerprint density at radius 1 is 1.08 bits per heavy atom. The average Bonchev–Trinajstić information content (AvgIpc) is 2.52. The highest BCUT2D eigenvalue weighted by Gasteiger charge is 2.34. The van der Waals surface area contributed by atoms with Gasteiger partial charge in [-0.15, -0.1) is 0 Å². The van der Waals surface area contributed by atoms with Crippen molar-refractivity contribution in [3.05, 3.63) is 70.3 Å². The van der Waals surface area contributed by atoms with Gasteiger partial charge in [0.1, 0.15) is 6.04 Å². The van der Waals surface area contributed by atoms with Crippen LogP contribution in [0, 0.1) is 13.8 Å². The van der Waals surface area contributed by atoms with Crippen molar-refractivity contribution in [1.82, 2.24) is 5.32 Å². The van der Waals surface area contributed by atoms with E-state index in [0.29, 0.717) is 5.56 Å². The fraction of sp³-hybridized carbons (Fsp3) is 0.263. The largest absolute Gasteiger partial charge is 0.416 e. The summed E-state index contributed by atoms with van der Waals surface area (Å²) in [6, 6.07) is 8.78. The molecule has 2 aromatic carbocycles. The summed E-state index contributed by atoms with van der Waals surface area (Å²) >= 11 is 0. The van der Waals surface area contributed by atoms with E-state index >= 15 is 0 Å². The molecule has 138 valence electrons. The molecule has 1 atom stereocenters. The van der Waals surface area contributed by atoms with Crippen molar-refractivity contribution in [2.24, 2.45) is 5.73 Å². The number of halogens is 3. The molecule has 2 rings (SSSR count). The molecule has 0 fully saturated rings. The minimum atomic E-state index is -4.56. The van der Waals surface area contributed by atoms with Crippen molar-refractivity contribution in [3.63, 3.8) is 0 Å². The minimum absolute atomic E-state index is 0.107. The Morgan fingerprint density at radius 3 is 2.19 bits per heavy atom. The van der Waals surface area contributed by atoms with Crippen LogP contribution in [-0.2, 0) is 17.4 Å². The van der Waals surface area contributed by atoms with E-state index in [1.165, 1.54) is 18.2 Å². The standard InChI is InChI=1S/C19H19F3N2O2/c1-11-7-12(2)9-14(8-11)18(26)24-16(17(23)25)10-13-5-3-4-6-15(13)19(20,21)22/h3-9,16H,10H2,1-2H3,(H2,23,25)(H,24,26)/t16-/m1/s1. The van der Waals surface area contributed by atoms with Crippen molar-refractivity contribution in [2.45, 2.75) is 32.5 Å². The Bertz CT molecular complexity index is 812. The predicted molar refractivity (Wildman–Crippen MR) is 91.5 cm³/mol. The van der Waals surface area contributed by atoms with Crippen molar-refractivity contribution in [1.29, 1.82) is 0 Å². The van der Waals surface area contributed by atoms with Gasteiger partial charge in [0, 0.05) is 12.0 Å². The molecule has 0 aliphatic carbocycles. The number of nitrogens with two attached hydrogens (primary N) is 1. The summed E-state index contributed by atoms with van der Waals surface area (Å²) in [7, 11) is 0. The second-order valence-corrected chi connectivity index (χ2v) is 6.16. The van der Waals surface area contributed by atoms with E-state index < -0.39 is 29.6 Å². The molecule has 0 aliphatic heterocycles. The van der Waals surface area contributed by atoms with Crippen molar-refractivity contribution < 1.29 is 22.8 Å². The Kier molecular flexibility index (Phi) is 5.69. The van der Waals surface area contributed by atoms with Crippen LogP contribution in [0.4, 0.5) is 13.2 Å². The number of primary amides is 1. The smallest absolute Gasteiger partial charge is 0.368 e. The van der Waals surface area contributed by atoms with E-state index in [4.69, 9.17) is 5.73 Å². The van der Waals surface area contributed by atoms with Crippen LogP contribution >= 0.6 is 0 Å². The molecule has 26 heavy (non-hydrogen) atoms. The summed E-state index contributed by atoms with van der Waals surface area (Å²) < 4.78 is 39.3. The zero-order valence-electron chi connectivity index (χ0n) is 14.4. The second-order valence-electron chi connectivity index (χ2n) is 6.16. The Labute approximate surface area is 149 Å². The molecule has 3 N–H and O–H groups in total. The number of hydrogen-bond donors (Lipinski definition) is 2. The summed E-state index contributed by atoms with van der Waals surface area (Å²) in [5, 5.41) is 2.43. The molecule has 0 spiro atoms. The summed E-state index contributed by atoms with van der Waals surface area (Å²) in [5.41, 5.74) is 6.36. The molecule has 0 aliphatic rings. The maximum atomic E-state index is 13.1. The van der Waals surface area contributed by atoms with Crippen LogP contribution in [0.2, 0.25) is 0 Å². The van der Waals surface area contributed by atoms with Crippen LogP contribution in [0.25, 0.3) is 0 Å². The highest BCUT2D eigenvalue weighted by atomic mass is 19.4. The second kappa shape index (κ2) is 7.59. The molecule has 2 aromatic rings.